The highest BCUT2D eigenvalue weighted by Crippen LogP contribution is 2.22. The Morgan fingerprint density at radius 3 is 2.41 bits per heavy atom. The highest BCUT2D eigenvalue weighted by Gasteiger charge is 2.05. The summed E-state index contributed by atoms with van der Waals surface area (Å²) in [5.41, 5.74) is 2.98. The summed E-state index contributed by atoms with van der Waals surface area (Å²) in [6, 6.07) is 13.6. The highest BCUT2D eigenvalue weighted by atomic mass is 16.5. The molecule has 0 saturated carbocycles. The molecule has 9 heteroatoms. The van der Waals surface area contributed by atoms with Crippen LogP contribution in [0.2, 0.25) is 0 Å². The summed E-state index contributed by atoms with van der Waals surface area (Å²) >= 11 is 0. The Labute approximate surface area is 220 Å². The number of methoxy groups -OCH3 is 2. The predicted molar refractivity (Wildman–Crippen MR) is 149 cm³/mol. The van der Waals surface area contributed by atoms with E-state index >= 15 is 0 Å². The van der Waals surface area contributed by atoms with Gasteiger partial charge in [-0.2, -0.15) is 5.26 Å². The molecule has 0 unspecified atom stereocenters. The standard InChI is InChI=1S/C28H38N6O3/c1-30-28(32-21-29)33-24-12-10-22(11-13-24)8-7-9-27(35)31-15-5-6-16-34(2)17-14-23-18-25(36-3)20-26(19-23)37-4/h7-8,10-13,18-20H,5-6,9,14-17H2,1-4H3,(H,31,35)(H2,30,32,33)/b8-7+. The van der Waals surface area contributed by atoms with Gasteiger partial charge < -0.3 is 30.3 Å². The third-order valence-electron chi connectivity index (χ3n) is 5.67. The van der Waals surface area contributed by atoms with Gasteiger partial charge in [-0.3, -0.25) is 4.79 Å². The van der Waals surface area contributed by atoms with E-state index in [1.54, 1.807) is 27.5 Å². The molecule has 0 fully saturated rings. The zero-order valence-corrected chi connectivity index (χ0v) is 22.2. The van der Waals surface area contributed by atoms with E-state index in [1.807, 2.05) is 54.6 Å². The Hall–Kier alpha value is -4.03. The van der Waals surface area contributed by atoms with E-state index in [4.69, 9.17) is 14.7 Å². The summed E-state index contributed by atoms with van der Waals surface area (Å²) in [6.45, 7) is 2.58. The lowest BCUT2D eigenvalue weighted by molar-refractivity contribution is -0.120. The van der Waals surface area contributed by atoms with Crippen LogP contribution in [-0.2, 0) is 11.2 Å². The van der Waals surface area contributed by atoms with E-state index in [2.05, 4.69) is 32.9 Å². The fraction of sp³-hybridized carbons (Fsp3) is 0.393. The molecule has 9 nitrogen and oxygen atoms in total. The Kier molecular flexibility index (Phi) is 13.1. The van der Waals surface area contributed by atoms with Crippen molar-refractivity contribution in [3.8, 4) is 17.7 Å². The Morgan fingerprint density at radius 1 is 1.08 bits per heavy atom. The number of hydrogen-bond donors (Lipinski definition) is 3. The summed E-state index contributed by atoms with van der Waals surface area (Å²) in [5, 5.41) is 17.5. The third-order valence-corrected chi connectivity index (χ3v) is 5.67. The number of ether oxygens (including phenoxy) is 2. The van der Waals surface area contributed by atoms with Crippen LogP contribution in [0.15, 0.2) is 53.5 Å². The van der Waals surface area contributed by atoms with Crippen molar-refractivity contribution in [2.24, 2.45) is 4.99 Å². The lowest BCUT2D eigenvalue weighted by Gasteiger charge is -2.17. The van der Waals surface area contributed by atoms with Gasteiger partial charge in [0.05, 0.1) is 14.2 Å². The van der Waals surface area contributed by atoms with Gasteiger partial charge >= 0.3 is 0 Å². The molecule has 37 heavy (non-hydrogen) atoms. The molecule has 2 rings (SSSR count). The largest absolute Gasteiger partial charge is 0.497 e. The molecule has 0 radical (unpaired) electrons. The molecule has 0 bridgehead atoms. The predicted octanol–water partition coefficient (Wildman–Crippen LogP) is 3.65. The molecule has 0 saturated heterocycles. The average Bonchev–Trinajstić information content (AvgIpc) is 2.92. The van der Waals surface area contributed by atoms with E-state index < -0.39 is 0 Å². The van der Waals surface area contributed by atoms with E-state index in [0.29, 0.717) is 18.9 Å². The number of likely N-dealkylation sites (N-methyl/N-ethyl adjacent to an activating group) is 1. The van der Waals surface area contributed by atoms with Crippen LogP contribution in [0.4, 0.5) is 5.69 Å². The molecule has 1 amide bonds. The maximum atomic E-state index is 12.1. The van der Waals surface area contributed by atoms with Gasteiger partial charge in [-0.05, 0) is 68.2 Å². The summed E-state index contributed by atoms with van der Waals surface area (Å²) in [4.78, 5) is 18.0. The lowest BCUT2D eigenvalue weighted by Crippen LogP contribution is -2.26. The summed E-state index contributed by atoms with van der Waals surface area (Å²) in [6.07, 6.45) is 8.71. The number of guanidine groups is 1. The highest BCUT2D eigenvalue weighted by molar-refractivity contribution is 5.94. The second kappa shape index (κ2) is 16.6. The van der Waals surface area contributed by atoms with Crippen molar-refractivity contribution in [1.29, 1.82) is 5.26 Å². The molecule has 0 aliphatic heterocycles. The minimum Gasteiger partial charge on any atom is -0.497 e. The van der Waals surface area contributed by atoms with Crippen molar-refractivity contribution in [2.45, 2.75) is 25.7 Å². The molecule has 0 heterocycles. The molecule has 3 N–H and O–H groups in total. The van der Waals surface area contributed by atoms with Crippen LogP contribution in [0, 0.1) is 11.5 Å². The fourth-order valence-electron chi connectivity index (χ4n) is 3.56. The second-order valence-electron chi connectivity index (χ2n) is 8.50. The molecule has 198 valence electrons. The van der Waals surface area contributed by atoms with Crippen LogP contribution < -0.4 is 25.4 Å². The molecular weight excluding hydrogens is 468 g/mol. The number of nitrogens with zero attached hydrogens (tertiary/aromatic N) is 3. The van der Waals surface area contributed by atoms with Crippen LogP contribution in [-0.4, -0.2) is 64.7 Å². The Morgan fingerprint density at radius 2 is 1.78 bits per heavy atom. The third kappa shape index (κ3) is 11.5. The molecule has 0 aromatic heterocycles. The minimum absolute atomic E-state index is 0.0150. The first-order valence-electron chi connectivity index (χ1n) is 12.3. The van der Waals surface area contributed by atoms with Crippen LogP contribution in [0.5, 0.6) is 11.5 Å². The summed E-state index contributed by atoms with van der Waals surface area (Å²) in [5.74, 6) is 2.00. The van der Waals surface area contributed by atoms with Gasteiger partial charge in [-0.25, -0.2) is 0 Å². The molecule has 0 spiro atoms. The molecule has 0 aliphatic rings. The van der Waals surface area contributed by atoms with Crippen molar-refractivity contribution in [3.05, 3.63) is 59.7 Å². The smallest absolute Gasteiger partial charge is 0.223 e. The number of aliphatic imine (C=N–C) groups is 1. The number of hydrogen-bond acceptors (Lipinski definition) is 6. The topological polar surface area (TPSA) is 111 Å². The number of benzene rings is 2. The van der Waals surface area contributed by atoms with Gasteiger partial charge in [0.1, 0.15) is 11.5 Å². The Bertz CT molecular complexity index is 1050. The van der Waals surface area contributed by atoms with Gasteiger partial charge in [0, 0.05) is 38.3 Å². The van der Waals surface area contributed by atoms with E-state index in [9.17, 15) is 4.79 Å². The number of nitrogens with one attached hydrogen (secondary N) is 3. The van der Waals surface area contributed by atoms with E-state index in [1.165, 1.54) is 5.56 Å². The Balaban J connectivity index is 1.61. The van der Waals surface area contributed by atoms with Gasteiger partial charge in [0.15, 0.2) is 0 Å². The fourth-order valence-corrected chi connectivity index (χ4v) is 3.56. The molecular formula is C28H38N6O3. The minimum atomic E-state index is 0.0150. The molecule has 2 aromatic rings. The van der Waals surface area contributed by atoms with Gasteiger partial charge in [-0.1, -0.05) is 24.3 Å². The van der Waals surface area contributed by atoms with Gasteiger partial charge in [-0.15, -0.1) is 4.99 Å². The van der Waals surface area contributed by atoms with Crippen LogP contribution >= 0.6 is 0 Å². The van der Waals surface area contributed by atoms with Gasteiger partial charge in [0.2, 0.25) is 18.1 Å². The first kappa shape index (κ1) is 29.2. The number of unbranched alkanes of at least 4 members (excludes halogenated alkanes) is 1. The second-order valence-corrected chi connectivity index (χ2v) is 8.50. The monoisotopic (exact) mass is 506 g/mol. The number of amides is 1. The van der Waals surface area contributed by atoms with Crippen molar-refractivity contribution in [1.82, 2.24) is 15.5 Å². The normalized spacial score (nSPS) is 11.3. The summed E-state index contributed by atoms with van der Waals surface area (Å²) in [7, 11) is 7.12. The molecule has 0 aliphatic carbocycles. The quantitative estimate of drug-likeness (QED) is 0.155. The summed E-state index contributed by atoms with van der Waals surface area (Å²) < 4.78 is 10.7. The SMILES string of the molecule is CNC(=NC#N)Nc1ccc(/C=C/CC(=O)NCCCCN(C)CCc2cc(OC)cc(OC)c2)cc1. The van der Waals surface area contributed by atoms with Crippen molar-refractivity contribution < 1.29 is 14.3 Å². The average molecular weight is 507 g/mol. The van der Waals surface area contributed by atoms with Crippen LogP contribution in [0.25, 0.3) is 6.08 Å². The zero-order valence-electron chi connectivity index (χ0n) is 22.2. The van der Waals surface area contributed by atoms with E-state index in [-0.39, 0.29) is 5.91 Å². The zero-order chi connectivity index (χ0) is 26.9. The maximum Gasteiger partial charge on any atom is 0.223 e. The number of carbonyl (C=O) groups excluding carboxylic acids is 1. The van der Waals surface area contributed by atoms with Crippen molar-refractivity contribution in [2.75, 3.05) is 53.3 Å². The molecule has 0 atom stereocenters. The number of rotatable bonds is 14. The number of nitriles is 1. The first-order chi connectivity index (χ1) is 18.0. The van der Waals surface area contributed by atoms with Gasteiger partial charge in [0.25, 0.3) is 0 Å². The van der Waals surface area contributed by atoms with Crippen LogP contribution in [0.1, 0.15) is 30.4 Å². The van der Waals surface area contributed by atoms with Crippen LogP contribution in [0.3, 0.4) is 0 Å². The molecule has 2 aromatic carbocycles. The number of anilines is 1. The van der Waals surface area contributed by atoms with E-state index in [0.717, 1.165) is 55.1 Å². The first-order valence-corrected chi connectivity index (χ1v) is 12.3. The van der Waals surface area contributed by atoms with Crippen molar-refractivity contribution in [3.63, 3.8) is 0 Å². The van der Waals surface area contributed by atoms with Crippen molar-refractivity contribution >= 4 is 23.6 Å². The maximum absolute atomic E-state index is 12.1. The number of carbonyl (C=O) groups is 1. The lowest BCUT2D eigenvalue weighted by atomic mass is 10.1.